The lowest BCUT2D eigenvalue weighted by Crippen LogP contribution is -2.47. The fourth-order valence-corrected chi connectivity index (χ4v) is 4.55. The van der Waals surface area contributed by atoms with Crippen molar-refractivity contribution in [3.8, 4) is 0 Å². The highest BCUT2D eigenvalue weighted by molar-refractivity contribution is 14.0. The van der Waals surface area contributed by atoms with Crippen LogP contribution in [0.25, 0.3) is 0 Å². The number of aliphatic imine (C=N–C) groups is 1. The Kier molecular flexibility index (Phi) is 9.85. The number of nitrogens with one attached hydrogen (secondary N) is 2. The molecule has 0 spiro atoms. The Hall–Kier alpha value is -0.540. The highest BCUT2D eigenvalue weighted by atomic mass is 127. The maximum atomic E-state index is 11.3. The maximum absolute atomic E-state index is 11.3. The summed E-state index contributed by atoms with van der Waals surface area (Å²) in [6, 6.07) is 8.17. The standard InChI is InChI=1S/C19H30ClN3O2S.HI/c1-15(9-12-26(3,24)25)23-18(21-2)22-14-19(10-4-5-11-19)16-7-6-8-17(20)13-16;/h6-8,13,15H,4-5,9-12,14H2,1-3H3,(H2,21,22,23);1H. The predicted molar refractivity (Wildman–Crippen MR) is 125 cm³/mol. The lowest BCUT2D eigenvalue weighted by atomic mass is 9.79. The van der Waals surface area contributed by atoms with Crippen LogP contribution in [0.15, 0.2) is 29.3 Å². The molecule has 0 radical (unpaired) electrons. The lowest BCUT2D eigenvalue weighted by molar-refractivity contribution is 0.430. The molecule has 1 unspecified atom stereocenters. The number of sulfone groups is 1. The van der Waals surface area contributed by atoms with Gasteiger partial charge in [0.05, 0.1) is 5.75 Å². The summed E-state index contributed by atoms with van der Waals surface area (Å²) in [5.41, 5.74) is 1.34. The molecule has 5 nitrogen and oxygen atoms in total. The summed E-state index contributed by atoms with van der Waals surface area (Å²) in [6.45, 7) is 2.76. The van der Waals surface area contributed by atoms with Crippen molar-refractivity contribution < 1.29 is 8.42 Å². The van der Waals surface area contributed by atoms with Crippen LogP contribution >= 0.6 is 35.6 Å². The number of hydrogen-bond acceptors (Lipinski definition) is 3. The van der Waals surface area contributed by atoms with Crippen molar-refractivity contribution >= 4 is 51.4 Å². The predicted octanol–water partition coefficient (Wildman–Crippen LogP) is 3.76. The molecule has 1 aliphatic carbocycles. The summed E-state index contributed by atoms with van der Waals surface area (Å²) >= 11 is 6.21. The number of benzene rings is 1. The van der Waals surface area contributed by atoms with Crippen LogP contribution in [0.5, 0.6) is 0 Å². The zero-order valence-corrected chi connectivity index (χ0v) is 20.2. The van der Waals surface area contributed by atoms with Gasteiger partial charge in [-0.25, -0.2) is 8.42 Å². The van der Waals surface area contributed by atoms with Gasteiger partial charge in [-0.2, -0.15) is 0 Å². The van der Waals surface area contributed by atoms with E-state index in [9.17, 15) is 8.42 Å². The van der Waals surface area contributed by atoms with E-state index in [1.165, 1.54) is 24.7 Å². The molecule has 1 aliphatic rings. The Bertz CT molecular complexity index is 734. The second kappa shape index (κ2) is 10.9. The molecule has 0 saturated heterocycles. The van der Waals surface area contributed by atoms with Crippen molar-refractivity contribution in [1.29, 1.82) is 0 Å². The van der Waals surface area contributed by atoms with E-state index >= 15 is 0 Å². The van der Waals surface area contributed by atoms with Crippen LogP contribution in [0.1, 0.15) is 44.6 Å². The van der Waals surface area contributed by atoms with Gasteiger partial charge in [-0.3, -0.25) is 4.99 Å². The second-order valence-electron chi connectivity index (χ2n) is 7.39. The van der Waals surface area contributed by atoms with Crippen molar-refractivity contribution in [2.75, 3.05) is 25.6 Å². The van der Waals surface area contributed by atoms with Crippen molar-refractivity contribution in [3.63, 3.8) is 0 Å². The van der Waals surface area contributed by atoms with Gasteiger partial charge in [-0.15, -0.1) is 24.0 Å². The van der Waals surface area contributed by atoms with Gasteiger partial charge in [-0.05, 0) is 43.9 Å². The normalized spacial score (nSPS) is 17.9. The molecule has 0 amide bonds. The number of rotatable bonds is 7. The van der Waals surface area contributed by atoms with Gasteiger partial charge < -0.3 is 10.6 Å². The molecule has 1 fully saturated rings. The van der Waals surface area contributed by atoms with Crippen LogP contribution in [0, 0.1) is 0 Å². The zero-order valence-electron chi connectivity index (χ0n) is 16.3. The largest absolute Gasteiger partial charge is 0.356 e. The van der Waals surface area contributed by atoms with E-state index in [0.717, 1.165) is 24.4 Å². The van der Waals surface area contributed by atoms with Crippen LogP contribution in [0.4, 0.5) is 0 Å². The van der Waals surface area contributed by atoms with E-state index in [1.807, 2.05) is 19.1 Å². The van der Waals surface area contributed by atoms with Crippen molar-refractivity contribution in [3.05, 3.63) is 34.9 Å². The van der Waals surface area contributed by atoms with Gasteiger partial charge in [-0.1, -0.05) is 36.6 Å². The molecule has 27 heavy (non-hydrogen) atoms. The quantitative estimate of drug-likeness (QED) is 0.322. The molecule has 0 aromatic heterocycles. The van der Waals surface area contributed by atoms with Crippen molar-refractivity contribution in [2.45, 2.75) is 50.5 Å². The molecular weight excluding hydrogens is 497 g/mol. The van der Waals surface area contributed by atoms with Crippen molar-refractivity contribution in [2.24, 2.45) is 4.99 Å². The third-order valence-corrected chi connectivity index (χ3v) is 6.33. The summed E-state index contributed by atoms with van der Waals surface area (Å²) in [4.78, 5) is 4.29. The van der Waals surface area contributed by atoms with E-state index in [4.69, 9.17) is 11.6 Å². The molecule has 1 saturated carbocycles. The number of hydrogen-bond donors (Lipinski definition) is 2. The summed E-state index contributed by atoms with van der Waals surface area (Å²) in [7, 11) is -1.21. The fourth-order valence-electron chi connectivity index (χ4n) is 3.58. The van der Waals surface area contributed by atoms with E-state index in [-0.39, 0.29) is 41.2 Å². The molecule has 154 valence electrons. The highest BCUT2D eigenvalue weighted by Crippen LogP contribution is 2.41. The topological polar surface area (TPSA) is 70.6 Å². The molecule has 0 heterocycles. The van der Waals surface area contributed by atoms with Gasteiger partial charge in [0.2, 0.25) is 0 Å². The average Bonchev–Trinajstić information content (AvgIpc) is 3.06. The summed E-state index contributed by atoms with van der Waals surface area (Å²) in [5.74, 6) is 0.879. The first kappa shape index (κ1) is 24.5. The summed E-state index contributed by atoms with van der Waals surface area (Å²) in [6.07, 6.45) is 6.50. The molecule has 1 aromatic carbocycles. The van der Waals surface area contributed by atoms with Crippen LogP contribution < -0.4 is 10.6 Å². The zero-order chi connectivity index (χ0) is 19.2. The molecule has 2 N–H and O–H groups in total. The van der Waals surface area contributed by atoms with Gasteiger partial charge in [0.1, 0.15) is 9.84 Å². The van der Waals surface area contributed by atoms with Gasteiger partial charge in [0, 0.05) is 36.3 Å². The highest BCUT2D eigenvalue weighted by Gasteiger charge is 2.35. The SMILES string of the molecule is CN=C(NCC1(c2cccc(Cl)c2)CCCC1)NC(C)CCS(C)(=O)=O.I. The Morgan fingerprint density at radius 1 is 1.33 bits per heavy atom. The molecule has 0 aliphatic heterocycles. The van der Waals surface area contributed by atoms with Gasteiger partial charge >= 0.3 is 0 Å². The first-order valence-electron chi connectivity index (χ1n) is 9.15. The van der Waals surface area contributed by atoms with Crippen LogP contribution in [0.2, 0.25) is 5.02 Å². The van der Waals surface area contributed by atoms with E-state index in [1.54, 1.807) is 7.05 Å². The summed E-state index contributed by atoms with van der Waals surface area (Å²) in [5, 5.41) is 7.51. The maximum Gasteiger partial charge on any atom is 0.191 e. The Morgan fingerprint density at radius 3 is 2.56 bits per heavy atom. The molecule has 2 rings (SSSR count). The monoisotopic (exact) mass is 527 g/mol. The minimum absolute atomic E-state index is 0. The number of guanidine groups is 1. The average molecular weight is 528 g/mol. The van der Waals surface area contributed by atoms with Crippen molar-refractivity contribution in [1.82, 2.24) is 10.6 Å². The minimum atomic E-state index is -2.95. The Labute approximate surface area is 185 Å². The molecule has 1 aromatic rings. The summed E-state index contributed by atoms with van der Waals surface area (Å²) < 4.78 is 22.7. The number of halogens is 2. The smallest absolute Gasteiger partial charge is 0.191 e. The lowest BCUT2D eigenvalue weighted by Gasteiger charge is -2.31. The third-order valence-electron chi connectivity index (χ3n) is 5.12. The minimum Gasteiger partial charge on any atom is -0.356 e. The van der Waals surface area contributed by atoms with E-state index in [2.05, 4.69) is 27.8 Å². The molecule has 8 heteroatoms. The Balaban J connectivity index is 0.00000364. The first-order chi connectivity index (χ1) is 12.2. The molecule has 1 atom stereocenters. The van der Waals surface area contributed by atoms with Gasteiger partial charge in [0.25, 0.3) is 0 Å². The van der Waals surface area contributed by atoms with Crippen LogP contribution in [-0.4, -0.2) is 46.0 Å². The third kappa shape index (κ3) is 7.77. The fraction of sp³-hybridized carbons (Fsp3) is 0.632. The van der Waals surface area contributed by atoms with E-state index < -0.39 is 9.84 Å². The second-order valence-corrected chi connectivity index (χ2v) is 10.1. The number of nitrogens with zero attached hydrogens (tertiary/aromatic N) is 1. The van der Waals surface area contributed by atoms with E-state index in [0.29, 0.717) is 12.4 Å². The van der Waals surface area contributed by atoms with Gasteiger partial charge in [0.15, 0.2) is 5.96 Å². The van der Waals surface area contributed by atoms with Crippen LogP contribution in [0.3, 0.4) is 0 Å². The van der Waals surface area contributed by atoms with Crippen LogP contribution in [-0.2, 0) is 15.3 Å². The first-order valence-corrected chi connectivity index (χ1v) is 11.6. The molecular formula is C19H31ClIN3O2S. The molecule has 0 bridgehead atoms. The Morgan fingerprint density at radius 2 is 2.00 bits per heavy atom.